The first-order chi connectivity index (χ1) is 12.7. The Morgan fingerprint density at radius 3 is 2.62 bits per heavy atom. The van der Waals surface area contributed by atoms with Gasteiger partial charge < -0.3 is 10.2 Å². The zero-order valence-electron chi connectivity index (χ0n) is 14.6. The van der Waals surface area contributed by atoms with Crippen LogP contribution < -0.4 is 20.1 Å². The number of rotatable bonds is 4. The number of aromatic nitrogens is 1. The molecular formula is C19H20N4O2S. The van der Waals surface area contributed by atoms with Crippen molar-refractivity contribution in [2.24, 2.45) is 0 Å². The lowest BCUT2D eigenvalue weighted by molar-refractivity contribution is -0.123. The zero-order chi connectivity index (χ0) is 18.5. The normalized spacial score (nSPS) is 15.7. The molecule has 1 aromatic heterocycles. The molecule has 1 aliphatic rings. The lowest BCUT2D eigenvalue weighted by Crippen LogP contribution is -2.35. The fourth-order valence-electron chi connectivity index (χ4n) is 2.94. The molecule has 0 aliphatic carbocycles. The molecule has 1 saturated heterocycles. The second kappa shape index (κ2) is 8.02. The van der Waals surface area contributed by atoms with Gasteiger partial charge in [0.1, 0.15) is 15.3 Å². The molecular weight excluding hydrogens is 348 g/mol. The summed E-state index contributed by atoms with van der Waals surface area (Å²) in [5, 5.41) is 12.7. The third kappa shape index (κ3) is 3.55. The van der Waals surface area contributed by atoms with Crippen molar-refractivity contribution in [1.82, 2.24) is 9.47 Å². The van der Waals surface area contributed by atoms with Crippen LogP contribution in [0.4, 0.5) is 5.69 Å². The highest BCUT2D eigenvalue weighted by Gasteiger charge is 2.23. The number of hydrogen-bond acceptors (Lipinski definition) is 5. The highest BCUT2D eigenvalue weighted by atomic mass is 32.1. The van der Waals surface area contributed by atoms with Gasteiger partial charge in [0.05, 0.1) is 0 Å². The van der Waals surface area contributed by atoms with E-state index in [4.69, 9.17) is 0 Å². The Balaban J connectivity index is 2.08. The van der Waals surface area contributed by atoms with Crippen LogP contribution in [0.3, 0.4) is 0 Å². The Labute approximate surface area is 155 Å². The van der Waals surface area contributed by atoms with Gasteiger partial charge in [0.25, 0.3) is 11.5 Å². The minimum atomic E-state index is -0.281. The lowest BCUT2D eigenvalue weighted by Gasteiger charge is -2.13. The smallest absolute Gasteiger partial charge is 0.270 e. The fourth-order valence-corrected chi connectivity index (χ4v) is 4.02. The van der Waals surface area contributed by atoms with E-state index >= 15 is 0 Å². The first kappa shape index (κ1) is 18.0. The van der Waals surface area contributed by atoms with E-state index in [-0.39, 0.29) is 17.0 Å². The number of hydrogen-bond donors (Lipinski definition) is 1. The first-order valence-electron chi connectivity index (χ1n) is 8.60. The van der Waals surface area contributed by atoms with Crippen molar-refractivity contribution in [3.63, 3.8) is 0 Å². The molecule has 26 heavy (non-hydrogen) atoms. The Bertz CT molecular complexity index is 1010. The standard InChI is InChI=1S/C19H20N4O2S/c1-2-23-18(25)16(13-21-14-8-4-3-5-9-14)26-19(23)15(12-20)17(24)22-10-6-7-11-22/h3-5,8-9,13,21H,2,6-7,10-11H2,1H3/b16-13+,19-15-. The van der Waals surface area contributed by atoms with Crippen LogP contribution >= 0.6 is 11.3 Å². The summed E-state index contributed by atoms with van der Waals surface area (Å²) in [6, 6.07) is 11.5. The molecule has 2 aromatic rings. The van der Waals surface area contributed by atoms with Gasteiger partial charge in [-0.2, -0.15) is 5.26 Å². The summed E-state index contributed by atoms with van der Waals surface area (Å²) >= 11 is 1.18. The molecule has 1 amide bonds. The van der Waals surface area contributed by atoms with E-state index in [1.54, 1.807) is 11.1 Å². The number of carbonyl (C=O) groups is 1. The number of likely N-dealkylation sites (tertiary alicyclic amines) is 1. The molecule has 134 valence electrons. The van der Waals surface area contributed by atoms with Gasteiger partial charge in [-0.05, 0) is 31.9 Å². The number of anilines is 1. The quantitative estimate of drug-likeness (QED) is 0.876. The molecule has 1 aliphatic heterocycles. The maximum Gasteiger partial charge on any atom is 0.270 e. The number of nitrogens with zero attached hydrogens (tertiary/aromatic N) is 3. The van der Waals surface area contributed by atoms with Crippen LogP contribution in [-0.2, 0) is 11.3 Å². The number of nitrogens with one attached hydrogen (secondary N) is 1. The summed E-state index contributed by atoms with van der Waals surface area (Å²) in [5.74, 6) is -0.281. The molecule has 3 rings (SSSR count). The van der Waals surface area contributed by atoms with Crippen LogP contribution in [0.5, 0.6) is 0 Å². The summed E-state index contributed by atoms with van der Waals surface area (Å²) in [6.07, 6.45) is 3.54. The monoisotopic (exact) mass is 368 g/mol. The molecule has 0 bridgehead atoms. The summed E-state index contributed by atoms with van der Waals surface area (Å²) in [5.41, 5.74) is 0.718. The van der Waals surface area contributed by atoms with Crippen LogP contribution in [-0.4, -0.2) is 28.5 Å². The second-order valence-corrected chi connectivity index (χ2v) is 6.99. The number of amides is 1. The van der Waals surface area contributed by atoms with Gasteiger partial charge in [0.2, 0.25) is 0 Å². The topological polar surface area (TPSA) is 78.1 Å². The average Bonchev–Trinajstić information content (AvgIpc) is 3.30. The van der Waals surface area contributed by atoms with Crippen LogP contribution in [0.1, 0.15) is 19.8 Å². The maximum atomic E-state index is 12.7. The Hall–Kier alpha value is -2.85. The fraction of sp³-hybridized carbons (Fsp3) is 0.316. The van der Waals surface area contributed by atoms with Crippen molar-refractivity contribution in [3.8, 4) is 6.07 Å². The van der Waals surface area contributed by atoms with E-state index < -0.39 is 0 Å². The predicted molar refractivity (Wildman–Crippen MR) is 103 cm³/mol. The van der Waals surface area contributed by atoms with Crippen LogP contribution in [0.2, 0.25) is 0 Å². The van der Waals surface area contributed by atoms with E-state index in [1.807, 2.05) is 43.3 Å². The first-order valence-corrected chi connectivity index (χ1v) is 9.42. The lowest BCUT2D eigenvalue weighted by atomic mass is 10.3. The molecule has 1 N–H and O–H groups in total. The number of carbonyl (C=O) groups excluding carboxylic acids is 1. The van der Waals surface area contributed by atoms with Crippen molar-refractivity contribution in [2.45, 2.75) is 26.3 Å². The zero-order valence-corrected chi connectivity index (χ0v) is 15.4. The van der Waals surface area contributed by atoms with Crippen molar-refractivity contribution in [2.75, 3.05) is 18.4 Å². The minimum Gasteiger partial charge on any atom is -0.360 e. The number of nitriles is 1. The van der Waals surface area contributed by atoms with Gasteiger partial charge >= 0.3 is 0 Å². The predicted octanol–water partition coefficient (Wildman–Crippen LogP) is 1.08. The largest absolute Gasteiger partial charge is 0.360 e. The van der Waals surface area contributed by atoms with Crippen molar-refractivity contribution < 1.29 is 4.79 Å². The summed E-state index contributed by atoms with van der Waals surface area (Å²) in [7, 11) is 0. The highest BCUT2D eigenvalue weighted by Crippen LogP contribution is 2.11. The van der Waals surface area contributed by atoms with E-state index in [1.165, 1.54) is 15.9 Å². The van der Waals surface area contributed by atoms with Gasteiger partial charge in [-0.15, -0.1) is 11.3 Å². The second-order valence-electron chi connectivity index (χ2n) is 5.96. The molecule has 1 aromatic carbocycles. The third-order valence-corrected chi connectivity index (χ3v) is 5.43. The van der Waals surface area contributed by atoms with Gasteiger partial charge in [0, 0.05) is 31.5 Å². The molecule has 0 atom stereocenters. The van der Waals surface area contributed by atoms with Gasteiger partial charge in [-0.25, -0.2) is 0 Å². The van der Waals surface area contributed by atoms with Gasteiger partial charge in [0.15, 0.2) is 5.57 Å². The van der Waals surface area contributed by atoms with E-state index in [0.29, 0.717) is 28.8 Å². The van der Waals surface area contributed by atoms with Gasteiger partial charge in [-0.3, -0.25) is 14.2 Å². The summed E-state index contributed by atoms with van der Waals surface area (Å²) < 4.78 is 2.39. The van der Waals surface area contributed by atoms with E-state index in [9.17, 15) is 14.9 Å². The summed E-state index contributed by atoms with van der Waals surface area (Å²) in [4.78, 5) is 27.0. The van der Waals surface area contributed by atoms with Crippen molar-refractivity contribution in [1.29, 1.82) is 5.26 Å². The molecule has 1 fully saturated rings. The van der Waals surface area contributed by atoms with Gasteiger partial charge in [-0.1, -0.05) is 18.2 Å². The van der Waals surface area contributed by atoms with E-state index in [2.05, 4.69) is 5.32 Å². The molecule has 7 heteroatoms. The van der Waals surface area contributed by atoms with Crippen LogP contribution in [0, 0.1) is 11.3 Å². The highest BCUT2D eigenvalue weighted by molar-refractivity contribution is 7.07. The van der Waals surface area contributed by atoms with Crippen molar-refractivity contribution in [3.05, 3.63) is 49.9 Å². The Morgan fingerprint density at radius 1 is 1.31 bits per heavy atom. The number of para-hydroxylation sites is 1. The van der Waals surface area contributed by atoms with E-state index in [0.717, 1.165) is 18.5 Å². The molecule has 6 nitrogen and oxygen atoms in total. The Morgan fingerprint density at radius 2 is 2.00 bits per heavy atom. The van der Waals surface area contributed by atoms with Crippen LogP contribution in [0.15, 0.2) is 35.1 Å². The maximum absolute atomic E-state index is 12.7. The SMILES string of the molecule is CCn1c(=O)/c(=C\Nc2ccccc2)s/c1=C(/C#N)C(=O)N1CCCC1. The minimum absolute atomic E-state index is 0.0511. The molecule has 0 spiro atoms. The molecule has 0 radical (unpaired) electrons. The molecule has 0 saturated carbocycles. The number of benzene rings is 1. The molecule has 2 heterocycles. The Kier molecular flexibility index (Phi) is 5.54. The molecule has 0 unspecified atom stereocenters. The summed E-state index contributed by atoms with van der Waals surface area (Å²) in [6.45, 7) is 3.57. The van der Waals surface area contributed by atoms with Crippen LogP contribution in [0.25, 0.3) is 11.8 Å². The average molecular weight is 368 g/mol. The van der Waals surface area contributed by atoms with Crippen molar-refractivity contribution >= 4 is 34.7 Å². The third-order valence-electron chi connectivity index (χ3n) is 4.30. The number of thiazole rings is 1.